The fourth-order valence-corrected chi connectivity index (χ4v) is 3.54. The summed E-state index contributed by atoms with van der Waals surface area (Å²) in [6, 6.07) is 6.54. The zero-order valence-corrected chi connectivity index (χ0v) is 13.9. The summed E-state index contributed by atoms with van der Waals surface area (Å²) < 4.78 is 0. The first-order chi connectivity index (χ1) is 11.7. The summed E-state index contributed by atoms with van der Waals surface area (Å²) >= 11 is 1.47. The lowest BCUT2D eigenvalue weighted by Gasteiger charge is -2.21. The lowest BCUT2D eigenvalue weighted by atomic mass is 10.1. The molecule has 1 aromatic carbocycles. The molecule has 8 heteroatoms. The van der Waals surface area contributed by atoms with Crippen molar-refractivity contribution >= 4 is 33.1 Å². The van der Waals surface area contributed by atoms with Gasteiger partial charge in [-0.15, -0.1) is 11.3 Å². The molecule has 24 heavy (non-hydrogen) atoms. The number of aliphatic hydroxyl groups is 1. The fraction of sp³-hybridized carbons (Fsp3) is 0.250. The number of rotatable bonds is 6. The van der Waals surface area contributed by atoms with E-state index < -0.39 is 4.92 Å². The maximum absolute atomic E-state index is 11.0. The highest BCUT2D eigenvalue weighted by molar-refractivity contribution is 7.17. The van der Waals surface area contributed by atoms with Gasteiger partial charge in [0.05, 0.1) is 16.9 Å². The highest BCUT2D eigenvalue weighted by Crippen LogP contribution is 2.38. The Labute approximate surface area is 142 Å². The zero-order valence-electron chi connectivity index (χ0n) is 13.0. The zero-order chi connectivity index (χ0) is 17.1. The topological polar surface area (TPSA) is 92.4 Å². The van der Waals surface area contributed by atoms with Gasteiger partial charge in [-0.2, -0.15) is 0 Å². The van der Waals surface area contributed by atoms with Gasteiger partial charge in [0.25, 0.3) is 5.69 Å². The summed E-state index contributed by atoms with van der Waals surface area (Å²) in [5, 5.41) is 23.1. The van der Waals surface area contributed by atoms with E-state index >= 15 is 0 Å². The number of nitro groups is 1. The Morgan fingerprint density at radius 2 is 2.21 bits per heavy atom. The van der Waals surface area contributed by atoms with Crippen molar-refractivity contribution in [2.75, 3.05) is 24.6 Å². The van der Waals surface area contributed by atoms with Crippen LogP contribution in [0.1, 0.15) is 6.92 Å². The SMILES string of the molecule is CCN(CCO)c1ncnc2scc(-c3cccc([N+](=O)[O-])c3)c12. The third-order valence-electron chi connectivity index (χ3n) is 3.77. The third-order valence-corrected chi connectivity index (χ3v) is 4.66. The molecule has 0 bridgehead atoms. The van der Waals surface area contributed by atoms with Gasteiger partial charge in [-0.25, -0.2) is 9.97 Å². The largest absolute Gasteiger partial charge is 0.395 e. The number of anilines is 1. The van der Waals surface area contributed by atoms with Gasteiger partial charge in [-0.05, 0) is 12.5 Å². The Kier molecular flexibility index (Phi) is 4.68. The van der Waals surface area contributed by atoms with Gasteiger partial charge in [0.2, 0.25) is 0 Å². The van der Waals surface area contributed by atoms with E-state index in [2.05, 4.69) is 9.97 Å². The predicted octanol–water partition coefficient (Wildman–Crippen LogP) is 3.09. The van der Waals surface area contributed by atoms with E-state index in [4.69, 9.17) is 0 Å². The maximum atomic E-state index is 11.0. The molecule has 0 saturated carbocycles. The molecule has 0 atom stereocenters. The predicted molar refractivity (Wildman–Crippen MR) is 94.5 cm³/mol. The minimum atomic E-state index is -0.403. The van der Waals surface area contributed by atoms with Gasteiger partial charge in [-0.3, -0.25) is 10.1 Å². The first-order valence-corrected chi connectivity index (χ1v) is 8.36. The van der Waals surface area contributed by atoms with E-state index in [1.807, 2.05) is 23.3 Å². The van der Waals surface area contributed by atoms with Crippen molar-refractivity contribution in [2.24, 2.45) is 0 Å². The van der Waals surface area contributed by atoms with Crippen LogP contribution in [0.25, 0.3) is 21.3 Å². The van der Waals surface area contributed by atoms with E-state index in [0.717, 1.165) is 27.2 Å². The monoisotopic (exact) mass is 344 g/mol. The van der Waals surface area contributed by atoms with Gasteiger partial charge in [0, 0.05) is 36.2 Å². The van der Waals surface area contributed by atoms with Crippen LogP contribution in [-0.4, -0.2) is 39.7 Å². The van der Waals surface area contributed by atoms with Gasteiger partial charge in [-0.1, -0.05) is 12.1 Å². The van der Waals surface area contributed by atoms with Crippen molar-refractivity contribution in [1.82, 2.24) is 9.97 Å². The molecule has 0 spiro atoms. The van der Waals surface area contributed by atoms with Crippen molar-refractivity contribution in [2.45, 2.75) is 6.92 Å². The molecule has 0 saturated heterocycles. The molecule has 124 valence electrons. The lowest BCUT2D eigenvalue weighted by Crippen LogP contribution is -2.27. The number of nitro benzene ring substituents is 1. The van der Waals surface area contributed by atoms with Crippen molar-refractivity contribution < 1.29 is 10.0 Å². The standard InChI is InChI=1S/C16H16N4O3S/c1-2-19(6-7-21)15-14-13(9-24-16(14)18-10-17-15)11-4-3-5-12(8-11)20(22)23/h3-5,8-10,21H,2,6-7H2,1H3. The number of aliphatic hydroxyl groups excluding tert-OH is 1. The molecule has 2 heterocycles. The van der Waals surface area contributed by atoms with Crippen molar-refractivity contribution in [3.63, 3.8) is 0 Å². The summed E-state index contributed by atoms with van der Waals surface area (Å²) in [7, 11) is 0. The average molecular weight is 344 g/mol. The summed E-state index contributed by atoms with van der Waals surface area (Å²) in [6.45, 7) is 3.17. The molecule has 2 aromatic heterocycles. The lowest BCUT2D eigenvalue weighted by molar-refractivity contribution is -0.384. The summed E-state index contributed by atoms with van der Waals surface area (Å²) in [5.41, 5.74) is 1.67. The van der Waals surface area contributed by atoms with Crippen LogP contribution in [0.15, 0.2) is 36.0 Å². The molecule has 0 amide bonds. The summed E-state index contributed by atoms with van der Waals surface area (Å²) in [6.07, 6.45) is 1.51. The number of aromatic nitrogens is 2. The van der Waals surface area contributed by atoms with Crippen molar-refractivity contribution in [3.8, 4) is 11.1 Å². The molecular weight excluding hydrogens is 328 g/mol. The van der Waals surface area contributed by atoms with E-state index in [1.54, 1.807) is 12.1 Å². The van der Waals surface area contributed by atoms with Crippen LogP contribution in [0.4, 0.5) is 11.5 Å². The summed E-state index contributed by atoms with van der Waals surface area (Å²) in [5.74, 6) is 0.735. The van der Waals surface area contributed by atoms with Gasteiger partial charge in [0.15, 0.2) is 0 Å². The molecule has 0 aliphatic carbocycles. The Bertz CT molecular complexity index is 881. The molecule has 0 aliphatic rings. The van der Waals surface area contributed by atoms with Crippen LogP contribution in [0.2, 0.25) is 0 Å². The Balaban J connectivity index is 2.19. The van der Waals surface area contributed by atoms with Gasteiger partial charge >= 0.3 is 0 Å². The van der Waals surface area contributed by atoms with E-state index in [-0.39, 0.29) is 12.3 Å². The maximum Gasteiger partial charge on any atom is 0.270 e. The van der Waals surface area contributed by atoms with Gasteiger partial charge < -0.3 is 10.0 Å². The van der Waals surface area contributed by atoms with Crippen LogP contribution in [0.3, 0.4) is 0 Å². The Hall–Kier alpha value is -2.58. The number of thiophene rings is 1. The second kappa shape index (κ2) is 6.90. The van der Waals surface area contributed by atoms with E-state index in [9.17, 15) is 15.2 Å². The molecule has 3 rings (SSSR count). The van der Waals surface area contributed by atoms with Gasteiger partial charge in [0.1, 0.15) is 17.0 Å². The number of non-ortho nitro benzene ring substituents is 1. The van der Waals surface area contributed by atoms with Crippen molar-refractivity contribution in [1.29, 1.82) is 0 Å². The third kappa shape index (κ3) is 2.93. The number of likely N-dealkylation sites (N-methyl/N-ethyl adjacent to an activating group) is 1. The molecule has 1 N–H and O–H groups in total. The number of fused-ring (bicyclic) bond motifs is 1. The molecule has 0 aliphatic heterocycles. The second-order valence-corrected chi connectivity index (χ2v) is 6.00. The normalized spacial score (nSPS) is 10.9. The van der Waals surface area contributed by atoms with Crippen LogP contribution in [-0.2, 0) is 0 Å². The minimum Gasteiger partial charge on any atom is -0.395 e. The number of benzene rings is 1. The first-order valence-electron chi connectivity index (χ1n) is 7.48. The van der Waals surface area contributed by atoms with Crippen molar-refractivity contribution in [3.05, 3.63) is 46.1 Å². The number of nitrogens with zero attached hydrogens (tertiary/aromatic N) is 4. The summed E-state index contributed by atoms with van der Waals surface area (Å²) in [4.78, 5) is 22.1. The quantitative estimate of drug-likeness (QED) is 0.546. The van der Waals surface area contributed by atoms with Crippen LogP contribution < -0.4 is 4.90 Å². The molecule has 0 unspecified atom stereocenters. The molecule has 0 fully saturated rings. The average Bonchev–Trinajstić information content (AvgIpc) is 3.04. The molecule has 0 radical (unpaired) electrons. The van der Waals surface area contributed by atoms with Crippen LogP contribution in [0.5, 0.6) is 0 Å². The molecule has 7 nitrogen and oxygen atoms in total. The van der Waals surface area contributed by atoms with E-state index in [1.165, 1.54) is 23.7 Å². The second-order valence-electron chi connectivity index (χ2n) is 5.14. The van der Waals surface area contributed by atoms with Crippen LogP contribution >= 0.6 is 11.3 Å². The fourth-order valence-electron chi connectivity index (χ4n) is 2.63. The Morgan fingerprint density at radius 3 is 2.92 bits per heavy atom. The smallest absolute Gasteiger partial charge is 0.270 e. The highest BCUT2D eigenvalue weighted by Gasteiger charge is 2.18. The number of hydrogen-bond donors (Lipinski definition) is 1. The van der Waals surface area contributed by atoms with E-state index in [0.29, 0.717) is 13.1 Å². The first kappa shape index (κ1) is 16.3. The Morgan fingerprint density at radius 1 is 1.38 bits per heavy atom. The molecule has 3 aromatic rings. The molecular formula is C16H16N4O3S. The highest BCUT2D eigenvalue weighted by atomic mass is 32.1. The minimum absolute atomic E-state index is 0.0234. The number of hydrogen-bond acceptors (Lipinski definition) is 7. The van der Waals surface area contributed by atoms with Crippen LogP contribution in [0, 0.1) is 10.1 Å².